The molecule has 0 N–H and O–H groups in total. The maximum Gasteiger partial charge on any atom is 0.253 e. The smallest absolute Gasteiger partial charge is 0.253 e. The second-order valence-electron chi connectivity index (χ2n) is 7.53. The van der Waals surface area contributed by atoms with Crippen LogP contribution in [0.25, 0.3) is 22.2 Å². The minimum absolute atomic E-state index is 0.0978. The molecule has 29 heavy (non-hydrogen) atoms. The first-order valence-corrected chi connectivity index (χ1v) is 10.1. The second kappa shape index (κ2) is 7.55. The number of carbonyl (C=O) groups excluding carboxylic acids is 1. The monoisotopic (exact) mass is 382 g/mol. The van der Waals surface area contributed by atoms with E-state index < -0.39 is 0 Å². The van der Waals surface area contributed by atoms with Gasteiger partial charge in [-0.2, -0.15) is 0 Å². The predicted octanol–water partition coefficient (Wildman–Crippen LogP) is 5.51. The minimum atomic E-state index is 0.0978. The molecule has 1 aliphatic rings. The Hall–Kier alpha value is -3.40. The molecule has 1 amide bonds. The van der Waals surface area contributed by atoms with E-state index in [1.54, 1.807) is 0 Å². The molecule has 1 fully saturated rings. The molecule has 3 aromatic carbocycles. The van der Waals surface area contributed by atoms with Crippen LogP contribution in [0.2, 0.25) is 0 Å². The summed E-state index contributed by atoms with van der Waals surface area (Å²) in [4.78, 5) is 19.5. The van der Waals surface area contributed by atoms with E-state index in [1.807, 2.05) is 71.6 Å². The summed E-state index contributed by atoms with van der Waals surface area (Å²) in [6.45, 7) is 1.45. The van der Waals surface area contributed by atoms with Crippen LogP contribution < -0.4 is 0 Å². The lowest BCUT2D eigenvalue weighted by atomic mass is 9.96. The summed E-state index contributed by atoms with van der Waals surface area (Å²) in [5.41, 5.74) is 4.76. The molecule has 4 nitrogen and oxygen atoms in total. The molecule has 0 unspecified atom stereocenters. The van der Waals surface area contributed by atoms with Gasteiger partial charge in [-0.15, -0.1) is 0 Å². The fourth-order valence-electron chi connectivity index (χ4n) is 4.01. The number of oxazole rings is 1. The highest BCUT2D eigenvalue weighted by Gasteiger charge is 2.27. The van der Waals surface area contributed by atoms with Gasteiger partial charge < -0.3 is 9.32 Å². The van der Waals surface area contributed by atoms with E-state index in [0.29, 0.717) is 0 Å². The number of para-hydroxylation sites is 2. The molecule has 0 aliphatic carbocycles. The SMILES string of the molecule is O=C(c1ccc(-c2ccccc2)cc1)N1CCC(c2nc3ccccc3o2)CC1. The summed E-state index contributed by atoms with van der Waals surface area (Å²) in [5.74, 6) is 1.16. The van der Waals surface area contributed by atoms with Crippen molar-refractivity contribution in [3.8, 4) is 11.1 Å². The van der Waals surface area contributed by atoms with Crippen LogP contribution in [0.4, 0.5) is 0 Å². The average molecular weight is 382 g/mol. The molecule has 4 heteroatoms. The Morgan fingerprint density at radius 3 is 2.21 bits per heavy atom. The molecular formula is C25H22N2O2. The Bertz CT molecular complexity index is 1090. The van der Waals surface area contributed by atoms with E-state index in [4.69, 9.17) is 4.42 Å². The predicted molar refractivity (Wildman–Crippen MR) is 114 cm³/mol. The molecular weight excluding hydrogens is 360 g/mol. The summed E-state index contributed by atoms with van der Waals surface area (Å²) in [6, 6.07) is 26.0. The van der Waals surface area contributed by atoms with Crippen molar-refractivity contribution in [1.82, 2.24) is 9.88 Å². The number of hydrogen-bond donors (Lipinski definition) is 0. The van der Waals surface area contributed by atoms with Crippen LogP contribution in [0.1, 0.15) is 35.0 Å². The average Bonchev–Trinajstić information content (AvgIpc) is 3.24. The Morgan fingerprint density at radius 2 is 1.48 bits per heavy atom. The summed E-state index contributed by atoms with van der Waals surface area (Å²) >= 11 is 0. The third kappa shape index (κ3) is 3.54. The molecule has 4 aromatic rings. The highest BCUT2D eigenvalue weighted by Crippen LogP contribution is 2.30. The van der Waals surface area contributed by atoms with Gasteiger partial charge in [-0.25, -0.2) is 4.98 Å². The largest absolute Gasteiger partial charge is 0.440 e. The number of carbonyl (C=O) groups is 1. The molecule has 0 bridgehead atoms. The fraction of sp³-hybridized carbons (Fsp3) is 0.200. The van der Waals surface area contributed by atoms with Crippen molar-refractivity contribution in [2.45, 2.75) is 18.8 Å². The van der Waals surface area contributed by atoms with E-state index in [1.165, 1.54) is 0 Å². The van der Waals surface area contributed by atoms with E-state index >= 15 is 0 Å². The van der Waals surface area contributed by atoms with Gasteiger partial charge in [-0.3, -0.25) is 4.79 Å². The Morgan fingerprint density at radius 1 is 0.828 bits per heavy atom. The van der Waals surface area contributed by atoms with Gasteiger partial charge >= 0.3 is 0 Å². The first-order valence-electron chi connectivity index (χ1n) is 10.1. The standard InChI is InChI=1S/C25H22N2O2/c28-25(21-12-10-19(11-13-21)18-6-2-1-3-7-18)27-16-14-20(15-17-27)24-26-22-8-4-5-9-23(22)29-24/h1-13,20H,14-17H2. The Kier molecular flexibility index (Phi) is 4.60. The van der Waals surface area contributed by atoms with Gasteiger partial charge in [0.15, 0.2) is 11.5 Å². The number of fused-ring (bicyclic) bond motifs is 1. The van der Waals surface area contributed by atoms with E-state index in [0.717, 1.165) is 59.6 Å². The second-order valence-corrected chi connectivity index (χ2v) is 7.53. The van der Waals surface area contributed by atoms with Gasteiger partial charge in [0.1, 0.15) is 5.52 Å². The molecule has 0 atom stereocenters. The number of benzene rings is 3. The minimum Gasteiger partial charge on any atom is -0.440 e. The van der Waals surface area contributed by atoms with Crippen LogP contribution >= 0.6 is 0 Å². The molecule has 1 saturated heterocycles. The lowest BCUT2D eigenvalue weighted by Crippen LogP contribution is -2.37. The van der Waals surface area contributed by atoms with E-state index in [-0.39, 0.29) is 11.8 Å². The highest BCUT2D eigenvalue weighted by molar-refractivity contribution is 5.94. The topological polar surface area (TPSA) is 46.3 Å². The van der Waals surface area contributed by atoms with Crippen molar-refractivity contribution < 1.29 is 9.21 Å². The van der Waals surface area contributed by atoms with E-state index in [2.05, 4.69) is 17.1 Å². The summed E-state index contributed by atoms with van der Waals surface area (Å²) in [5, 5.41) is 0. The van der Waals surface area contributed by atoms with Gasteiger partial charge in [0.25, 0.3) is 5.91 Å². The molecule has 0 spiro atoms. The van der Waals surface area contributed by atoms with Crippen molar-refractivity contribution in [2.75, 3.05) is 13.1 Å². The number of amides is 1. The number of hydrogen-bond acceptors (Lipinski definition) is 3. The van der Waals surface area contributed by atoms with Crippen molar-refractivity contribution in [2.24, 2.45) is 0 Å². The lowest BCUT2D eigenvalue weighted by molar-refractivity contribution is 0.0707. The van der Waals surface area contributed by atoms with Crippen LogP contribution in [0.3, 0.4) is 0 Å². The van der Waals surface area contributed by atoms with Gasteiger partial charge in [0, 0.05) is 24.6 Å². The van der Waals surface area contributed by atoms with Crippen molar-refractivity contribution >= 4 is 17.0 Å². The van der Waals surface area contributed by atoms with Crippen molar-refractivity contribution in [3.05, 3.63) is 90.3 Å². The highest BCUT2D eigenvalue weighted by atomic mass is 16.3. The zero-order valence-electron chi connectivity index (χ0n) is 16.1. The number of aromatic nitrogens is 1. The van der Waals surface area contributed by atoms with Gasteiger partial charge in [-0.05, 0) is 48.2 Å². The number of rotatable bonds is 3. The van der Waals surface area contributed by atoms with E-state index in [9.17, 15) is 4.79 Å². The van der Waals surface area contributed by atoms with Crippen LogP contribution in [0.15, 0.2) is 83.3 Å². The van der Waals surface area contributed by atoms with Crippen LogP contribution in [-0.2, 0) is 0 Å². The van der Waals surface area contributed by atoms with Crippen molar-refractivity contribution in [3.63, 3.8) is 0 Å². The molecule has 0 radical (unpaired) electrons. The summed E-state index contributed by atoms with van der Waals surface area (Å²) < 4.78 is 5.93. The van der Waals surface area contributed by atoms with Crippen LogP contribution in [0, 0.1) is 0 Å². The Balaban J connectivity index is 1.25. The van der Waals surface area contributed by atoms with Crippen LogP contribution in [0.5, 0.6) is 0 Å². The lowest BCUT2D eigenvalue weighted by Gasteiger charge is -2.30. The molecule has 2 heterocycles. The quantitative estimate of drug-likeness (QED) is 0.469. The summed E-state index contributed by atoms with van der Waals surface area (Å²) in [7, 11) is 0. The van der Waals surface area contributed by atoms with Crippen molar-refractivity contribution in [1.29, 1.82) is 0 Å². The number of piperidine rings is 1. The first kappa shape index (κ1) is 17.7. The van der Waals surface area contributed by atoms with Gasteiger partial charge in [0.05, 0.1) is 0 Å². The number of nitrogens with zero attached hydrogens (tertiary/aromatic N) is 2. The molecule has 0 saturated carbocycles. The zero-order chi connectivity index (χ0) is 19.6. The first-order chi connectivity index (χ1) is 14.3. The number of likely N-dealkylation sites (tertiary alicyclic amines) is 1. The molecule has 144 valence electrons. The Labute approximate surface area is 169 Å². The maximum atomic E-state index is 12.9. The summed E-state index contributed by atoms with van der Waals surface area (Å²) in [6.07, 6.45) is 1.75. The third-order valence-corrected chi connectivity index (χ3v) is 5.68. The van der Waals surface area contributed by atoms with Gasteiger partial charge in [-0.1, -0.05) is 54.6 Å². The van der Waals surface area contributed by atoms with Gasteiger partial charge in [0.2, 0.25) is 0 Å². The fourth-order valence-corrected chi connectivity index (χ4v) is 4.01. The maximum absolute atomic E-state index is 12.9. The normalized spacial score (nSPS) is 15.0. The van der Waals surface area contributed by atoms with Crippen LogP contribution in [-0.4, -0.2) is 28.9 Å². The third-order valence-electron chi connectivity index (χ3n) is 5.68. The zero-order valence-corrected chi connectivity index (χ0v) is 16.1. The molecule has 1 aromatic heterocycles. The molecule has 5 rings (SSSR count). The molecule has 1 aliphatic heterocycles.